The molecule has 0 heterocycles. The smallest absolute Gasteiger partial charge is 0.255 e. The summed E-state index contributed by atoms with van der Waals surface area (Å²) in [5.41, 5.74) is 3.72. The first-order valence-corrected chi connectivity index (χ1v) is 12.5. The molecule has 0 aromatic heterocycles. The van der Waals surface area contributed by atoms with Crippen LogP contribution in [0.25, 0.3) is 0 Å². The zero-order valence-corrected chi connectivity index (χ0v) is 21.8. The molecule has 0 saturated heterocycles. The summed E-state index contributed by atoms with van der Waals surface area (Å²) in [6.45, 7) is 6.53. The molecule has 3 aliphatic carbocycles. The average Bonchev–Trinajstić information content (AvgIpc) is 2.80. The van der Waals surface area contributed by atoms with E-state index in [1.54, 1.807) is 14.1 Å². The number of nitrogens with zero attached hydrogens (tertiary/aromatic N) is 1. The molecule has 10 heteroatoms. The van der Waals surface area contributed by atoms with Gasteiger partial charge in [-0.1, -0.05) is 20.8 Å². The standard InChI is InChI=1S/C27H35N3O7/c1-6-12-9-16(29-10-11(2)3)21(31)18-14(12)7-13-8-15-20(30(4)5)23(33)19(26(28)36)25(35)27(15,37)24(34)17(13)22(18)32/h9,11,13,15,20,29,31,33-34,37H,6-8,10H2,1-5H3,(H2,28,36)/t13-,15-,20-,27-/m0/s1. The summed E-state index contributed by atoms with van der Waals surface area (Å²) in [5.74, 6) is -6.18. The van der Waals surface area contributed by atoms with Gasteiger partial charge in [-0.3, -0.25) is 19.3 Å². The maximum atomic E-state index is 13.9. The number of ketones is 2. The monoisotopic (exact) mass is 513 g/mol. The summed E-state index contributed by atoms with van der Waals surface area (Å²) in [6, 6.07) is 0.824. The molecule has 0 fully saturated rings. The Kier molecular flexibility index (Phi) is 6.62. The highest BCUT2D eigenvalue weighted by atomic mass is 16.3. The fraction of sp³-hybridized carbons (Fsp3) is 0.519. The van der Waals surface area contributed by atoms with E-state index in [9.17, 15) is 34.8 Å². The number of aromatic hydroxyl groups is 1. The van der Waals surface area contributed by atoms with Gasteiger partial charge in [-0.05, 0) is 62.4 Å². The number of carbonyl (C=O) groups is 3. The number of amides is 1. The molecular weight excluding hydrogens is 478 g/mol. The SMILES string of the molecule is CCc1cc(NCC(C)C)c(O)c2c1C[C@H]1C[C@H]3[C@H](N(C)C)C(O)=C(C(N)=O)C(=O)[C@@]3(O)C(O)=C1C2=O. The third-order valence-electron chi connectivity index (χ3n) is 7.90. The Morgan fingerprint density at radius 2 is 1.89 bits per heavy atom. The number of aliphatic hydroxyl groups excluding tert-OH is 2. The lowest BCUT2D eigenvalue weighted by Crippen LogP contribution is -2.63. The third kappa shape index (κ3) is 3.81. The van der Waals surface area contributed by atoms with E-state index < -0.39 is 58.0 Å². The molecule has 0 radical (unpaired) electrons. The molecule has 0 unspecified atom stereocenters. The van der Waals surface area contributed by atoms with Crippen molar-refractivity contribution in [2.24, 2.45) is 23.5 Å². The predicted molar refractivity (Wildman–Crippen MR) is 136 cm³/mol. The van der Waals surface area contributed by atoms with Gasteiger partial charge in [-0.15, -0.1) is 0 Å². The maximum absolute atomic E-state index is 13.9. The molecule has 4 rings (SSSR count). The predicted octanol–water partition coefficient (Wildman–Crippen LogP) is 1.75. The van der Waals surface area contributed by atoms with Crippen LogP contribution in [-0.4, -0.2) is 75.1 Å². The number of hydrogen-bond donors (Lipinski definition) is 6. The van der Waals surface area contributed by atoms with E-state index in [-0.39, 0.29) is 35.6 Å². The number of fused-ring (bicyclic) bond motifs is 3. The van der Waals surface area contributed by atoms with Gasteiger partial charge in [0.1, 0.15) is 22.8 Å². The highest BCUT2D eigenvalue weighted by molar-refractivity contribution is 6.24. The van der Waals surface area contributed by atoms with E-state index in [2.05, 4.69) is 5.32 Å². The normalized spacial score (nSPS) is 27.4. The van der Waals surface area contributed by atoms with E-state index in [1.807, 2.05) is 26.8 Å². The molecule has 0 spiro atoms. The van der Waals surface area contributed by atoms with E-state index in [1.165, 1.54) is 4.90 Å². The minimum absolute atomic E-state index is 0.0337. The van der Waals surface area contributed by atoms with Crippen LogP contribution in [0.1, 0.15) is 48.7 Å². The number of Topliss-reactive ketones (excluding diaryl/α,β-unsaturated/α-hetero) is 2. The maximum Gasteiger partial charge on any atom is 0.255 e. The zero-order valence-electron chi connectivity index (χ0n) is 21.8. The van der Waals surface area contributed by atoms with E-state index >= 15 is 0 Å². The number of benzene rings is 1. The van der Waals surface area contributed by atoms with Crippen LogP contribution in [0.15, 0.2) is 28.7 Å². The Balaban J connectivity index is 1.93. The van der Waals surface area contributed by atoms with Crippen molar-refractivity contribution in [2.75, 3.05) is 26.0 Å². The van der Waals surface area contributed by atoms with Crippen molar-refractivity contribution in [2.45, 2.75) is 51.7 Å². The number of primary amides is 1. The summed E-state index contributed by atoms with van der Waals surface area (Å²) in [4.78, 5) is 40.8. The number of carbonyl (C=O) groups excluding carboxylic acids is 3. The van der Waals surface area contributed by atoms with Gasteiger partial charge in [0.25, 0.3) is 5.91 Å². The van der Waals surface area contributed by atoms with Crippen LogP contribution in [0.5, 0.6) is 5.75 Å². The van der Waals surface area contributed by atoms with Gasteiger partial charge in [0.15, 0.2) is 11.4 Å². The molecule has 7 N–H and O–H groups in total. The Bertz CT molecular complexity index is 1260. The second-order valence-electron chi connectivity index (χ2n) is 10.9. The van der Waals surface area contributed by atoms with Crippen molar-refractivity contribution in [3.63, 3.8) is 0 Å². The molecule has 1 aromatic carbocycles. The molecule has 3 aliphatic rings. The fourth-order valence-corrected chi connectivity index (χ4v) is 6.16. The first kappa shape index (κ1) is 26.7. The number of anilines is 1. The van der Waals surface area contributed by atoms with Crippen molar-refractivity contribution in [3.8, 4) is 5.75 Å². The van der Waals surface area contributed by atoms with Crippen LogP contribution >= 0.6 is 0 Å². The van der Waals surface area contributed by atoms with Crippen LogP contribution in [-0.2, 0) is 22.4 Å². The van der Waals surface area contributed by atoms with Crippen LogP contribution in [0.4, 0.5) is 5.69 Å². The Hall–Kier alpha value is -3.37. The summed E-state index contributed by atoms with van der Waals surface area (Å²) in [5, 5.41) is 48.2. The van der Waals surface area contributed by atoms with Crippen molar-refractivity contribution in [3.05, 3.63) is 45.4 Å². The number of allylic oxidation sites excluding steroid dienone is 1. The van der Waals surface area contributed by atoms with Gasteiger partial charge in [-0.25, -0.2) is 0 Å². The van der Waals surface area contributed by atoms with Crippen molar-refractivity contribution >= 4 is 23.2 Å². The van der Waals surface area contributed by atoms with Crippen LogP contribution in [0, 0.1) is 17.8 Å². The van der Waals surface area contributed by atoms with Gasteiger partial charge >= 0.3 is 0 Å². The first-order chi connectivity index (χ1) is 17.3. The van der Waals surface area contributed by atoms with Crippen LogP contribution in [0.2, 0.25) is 0 Å². The highest BCUT2D eigenvalue weighted by Gasteiger charge is 2.63. The lowest BCUT2D eigenvalue weighted by Gasteiger charge is -2.50. The molecule has 0 aliphatic heterocycles. The highest BCUT2D eigenvalue weighted by Crippen LogP contribution is 2.53. The number of phenolic OH excluding ortho intramolecular Hbond substituents is 1. The summed E-state index contributed by atoms with van der Waals surface area (Å²) >= 11 is 0. The van der Waals surface area contributed by atoms with Gasteiger partial charge in [0, 0.05) is 18.0 Å². The number of hydrogen-bond acceptors (Lipinski definition) is 9. The average molecular weight is 514 g/mol. The molecule has 4 atom stereocenters. The van der Waals surface area contributed by atoms with Gasteiger partial charge in [0.05, 0.1) is 17.3 Å². The Morgan fingerprint density at radius 1 is 1.24 bits per heavy atom. The Labute approximate surface area is 215 Å². The molecule has 0 bridgehead atoms. The van der Waals surface area contributed by atoms with E-state index in [0.717, 1.165) is 5.56 Å². The number of aryl methyl sites for hydroxylation is 1. The van der Waals surface area contributed by atoms with Crippen molar-refractivity contribution in [1.82, 2.24) is 4.90 Å². The number of aliphatic hydroxyl groups is 3. The lowest BCUT2D eigenvalue weighted by molar-refractivity contribution is -0.148. The van der Waals surface area contributed by atoms with Crippen molar-refractivity contribution < 1.29 is 34.8 Å². The summed E-state index contributed by atoms with van der Waals surface area (Å²) in [7, 11) is 3.21. The molecule has 1 aromatic rings. The lowest BCUT2D eigenvalue weighted by atomic mass is 9.58. The number of likely N-dealkylation sites (N-methyl/N-ethyl adjacent to an activating group) is 1. The van der Waals surface area contributed by atoms with Gasteiger partial charge in [-0.2, -0.15) is 0 Å². The van der Waals surface area contributed by atoms with Gasteiger partial charge < -0.3 is 31.5 Å². The van der Waals surface area contributed by atoms with E-state index in [0.29, 0.717) is 24.2 Å². The van der Waals surface area contributed by atoms with Crippen LogP contribution < -0.4 is 11.1 Å². The molecule has 0 saturated carbocycles. The first-order valence-electron chi connectivity index (χ1n) is 12.5. The third-order valence-corrected chi connectivity index (χ3v) is 7.90. The second-order valence-corrected chi connectivity index (χ2v) is 10.9. The van der Waals surface area contributed by atoms with Crippen molar-refractivity contribution in [1.29, 1.82) is 0 Å². The minimum atomic E-state index is -2.64. The Morgan fingerprint density at radius 3 is 2.43 bits per heavy atom. The number of phenols is 1. The number of rotatable bonds is 6. The molecule has 10 nitrogen and oxygen atoms in total. The number of nitrogens with two attached hydrogens (primary N) is 1. The topological polar surface area (TPSA) is 173 Å². The summed E-state index contributed by atoms with van der Waals surface area (Å²) in [6.07, 6.45) is 0.959. The zero-order chi connectivity index (χ0) is 27.6. The van der Waals surface area contributed by atoms with E-state index in [4.69, 9.17) is 5.73 Å². The van der Waals surface area contributed by atoms with Gasteiger partial charge in [0.2, 0.25) is 5.78 Å². The molecule has 37 heavy (non-hydrogen) atoms. The quantitative estimate of drug-likeness (QED) is 0.245. The molecular formula is C27H35N3O7. The second kappa shape index (κ2) is 9.18. The summed E-state index contributed by atoms with van der Waals surface area (Å²) < 4.78 is 0. The minimum Gasteiger partial charge on any atom is -0.510 e. The fourth-order valence-electron chi connectivity index (χ4n) is 6.16. The number of nitrogens with one attached hydrogen (secondary N) is 1. The molecule has 200 valence electrons. The molecule has 1 amide bonds. The largest absolute Gasteiger partial charge is 0.510 e. The van der Waals surface area contributed by atoms with Crippen LogP contribution in [0.3, 0.4) is 0 Å².